The van der Waals surface area contributed by atoms with Crippen molar-refractivity contribution >= 4 is 5.97 Å². The molecular weight excluding hydrogens is 210 g/mol. The Hall–Kier alpha value is -1.75. The first kappa shape index (κ1) is 12.3. The molecule has 0 radical (unpaired) electrons. The predicted molar refractivity (Wildman–Crippen MR) is 58.7 cm³/mol. The van der Waals surface area contributed by atoms with Crippen molar-refractivity contribution in [1.29, 1.82) is 0 Å². The number of para-hydroxylation sites is 1. The number of aliphatic carboxylic acids is 1. The molecule has 4 N–H and O–H groups in total. The highest BCUT2D eigenvalue weighted by atomic mass is 16.5. The minimum absolute atomic E-state index is 0.0710. The van der Waals surface area contributed by atoms with E-state index in [-0.39, 0.29) is 23.6 Å². The highest BCUT2D eigenvalue weighted by Crippen LogP contribution is 2.34. The Morgan fingerprint density at radius 3 is 2.75 bits per heavy atom. The lowest BCUT2D eigenvalue weighted by atomic mass is 9.98. The fraction of sp³-hybridized carbons (Fsp3) is 0.364. The van der Waals surface area contributed by atoms with Gasteiger partial charge in [-0.15, -0.1) is 0 Å². The fourth-order valence-electron chi connectivity index (χ4n) is 1.45. The summed E-state index contributed by atoms with van der Waals surface area (Å²) in [5.74, 6) is -1.85. The van der Waals surface area contributed by atoms with E-state index in [9.17, 15) is 9.90 Å². The second-order valence-electron chi connectivity index (χ2n) is 3.25. The maximum absolute atomic E-state index is 10.9. The molecular formula is C11H15NO4. The number of benzene rings is 1. The molecule has 0 saturated carbocycles. The lowest BCUT2D eigenvalue weighted by Crippen LogP contribution is -2.21. The second-order valence-corrected chi connectivity index (χ2v) is 3.25. The van der Waals surface area contributed by atoms with E-state index in [1.165, 1.54) is 6.07 Å². The summed E-state index contributed by atoms with van der Waals surface area (Å²) in [6.45, 7) is 2.11. The number of ether oxygens (including phenoxy) is 1. The molecule has 5 nitrogen and oxygen atoms in total. The zero-order valence-electron chi connectivity index (χ0n) is 9.01. The summed E-state index contributed by atoms with van der Waals surface area (Å²) in [6.07, 6.45) is 0. The molecule has 1 aromatic rings. The molecule has 88 valence electrons. The van der Waals surface area contributed by atoms with Crippen molar-refractivity contribution in [3.05, 3.63) is 23.8 Å². The largest absolute Gasteiger partial charge is 0.504 e. The van der Waals surface area contributed by atoms with Crippen LogP contribution in [0.3, 0.4) is 0 Å². The predicted octanol–water partition coefficient (Wildman–Crippen LogP) is 0.918. The van der Waals surface area contributed by atoms with E-state index in [4.69, 9.17) is 15.6 Å². The highest BCUT2D eigenvalue weighted by molar-refractivity contribution is 5.78. The van der Waals surface area contributed by atoms with Gasteiger partial charge in [-0.3, -0.25) is 4.79 Å². The van der Waals surface area contributed by atoms with Crippen LogP contribution in [0.25, 0.3) is 0 Å². The maximum atomic E-state index is 10.9. The number of hydrogen-bond donors (Lipinski definition) is 3. The molecule has 16 heavy (non-hydrogen) atoms. The lowest BCUT2D eigenvalue weighted by molar-refractivity contribution is -0.138. The van der Waals surface area contributed by atoms with Crippen molar-refractivity contribution in [2.45, 2.75) is 12.8 Å². The smallest absolute Gasteiger partial charge is 0.312 e. The number of hydrogen-bond acceptors (Lipinski definition) is 4. The van der Waals surface area contributed by atoms with Gasteiger partial charge >= 0.3 is 5.97 Å². The first-order chi connectivity index (χ1) is 7.61. The topological polar surface area (TPSA) is 92.8 Å². The molecule has 1 atom stereocenters. The summed E-state index contributed by atoms with van der Waals surface area (Å²) in [5.41, 5.74) is 5.64. The van der Waals surface area contributed by atoms with Crippen LogP contribution < -0.4 is 10.5 Å². The number of carboxylic acid groups (broad SMARTS) is 1. The molecule has 1 aromatic carbocycles. The van der Waals surface area contributed by atoms with Gasteiger partial charge in [-0.2, -0.15) is 0 Å². The van der Waals surface area contributed by atoms with Gasteiger partial charge in [-0.1, -0.05) is 12.1 Å². The second kappa shape index (κ2) is 5.37. The molecule has 0 bridgehead atoms. The number of nitrogens with two attached hydrogens (primary N) is 1. The van der Waals surface area contributed by atoms with Gasteiger partial charge in [0.1, 0.15) is 0 Å². The number of carboxylic acids is 1. The van der Waals surface area contributed by atoms with Crippen molar-refractivity contribution in [3.63, 3.8) is 0 Å². The van der Waals surface area contributed by atoms with Gasteiger partial charge < -0.3 is 20.7 Å². The Kier molecular flexibility index (Phi) is 4.13. The van der Waals surface area contributed by atoms with E-state index < -0.39 is 11.9 Å². The van der Waals surface area contributed by atoms with E-state index >= 15 is 0 Å². The number of phenolic OH excluding ortho intramolecular Hbond substituents is 1. The Morgan fingerprint density at radius 2 is 2.25 bits per heavy atom. The van der Waals surface area contributed by atoms with Crippen LogP contribution in [0, 0.1) is 0 Å². The van der Waals surface area contributed by atoms with Gasteiger partial charge in [-0.25, -0.2) is 0 Å². The molecule has 1 unspecified atom stereocenters. The van der Waals surface area contributed by atoms with E-state index in [0.717, 1.165) is 0 Å². The van der Waals surface area contributed by atoms with Crippen molar-refractivity contribution in [3.8, 4) is 11.5 Å². The molecule has 5 heteroatoms. The van der Waals surface area contributed by atoms with Crippen LogP contribution in [0.4, 0.5) is 0 Å². The summed E-state index contributed by atoms with van der Waals surface area (Å²) in [6, 6.07) is 4.74. The molecule has 1 rings (SSSR count). The summed E-state index contributed by atoms with van der Waals surface area (Å²) < 4.78 is 5.17. The van der Waals surface area contributed by atoms with Gasteiger partial charge in [0.15, 0.2) is 11.5 Å². The van der Waals surface area contributed by atoms with Crippen LogP contribution in [-0.2, 0) is 4.79 Å². The normalized spacial score (nSPS) is 12.1. The molecule has 0 aliphatic rings. The summed E-state index contributed by atoms with van der Waals surface area (Å²) >= 11 is 0. The van der Waals surface area contributed by atoms with Gasteiger partial charge in [0, 0.05) is 12.1 Å². The number of carbonyl (C=O) groups is 1. The lowest BCUT2D eigenvalue weighted by Gasteiger charge is -2.14. The van der Waals surface area contributed by atoms with Gasteiger partial charge in [-0.05, 0) is 13.0 Å². The third kappa shape index (κ3) is 2.43. The first-order valence-corrected chi connectivity index (χ1v) is 4.99. The average molecular weight is 225 g/mol. The summed E-state index contributed by atoms with van der Waals surface area (Å²) in [4.78, 5) is 10.9. The van der Waals surface area contributed by atoms with Crippen LogP contribution >= 0.6 is 0 Å². The molecule has 0 heterocycles. The molecule has 0 aromatic heterocycles. The summed E-state index contributed by atoms with van der Waals surface area (Å²) in [5, 5.41) is 18.8. The van der Waals surface area contributed by atoms with E-state index in [1.54, 1.807) is 19.1 Å². The van der Waals surface area contributed by atoms with Gasteiger partial charge in [0.25, 0.3) is 0 Å². The Balaban J connectivity index is 3.12. The van der Waals surface area contributed by atoms with Crippen molar-refractivity contribution in [2.24, 2.45) is 5.73 Å². The zero-order valence-corrected chi connectivity index (χ0v) is 9.01. The summed E-state index contributed by atoms with van der Waals surface area (Å²) in [7, 11) is 0. The molecule has 0 aliphatic heterocycles. The molecule has 0 fully saturated rings. The number of rotatable bonds is 5. The van der Waals surface area contributed by atoms with Crippen LogP contribution in [0.2, 0.25) is 0 Å². The SMILES string of the molecule is CCOc1cccc(C(CN)C(=O)O)c1O. The Labute approximate surface area is 93.5 Å². The van der Waals surface area contributed by atoms with Gasteiger partial charge in [0.2, 0.25) is 0 Å². The van der Waals surface area contributed by atoms with Crippen molar-refractivity contribution < 1.29 is 19.7 Å². The minimum Gasteiger partial charge on any atom is -0.504 e. The molecule has 0 aliphatic carbocycles. The van der Waals surface area contributed by atoms with Gasteiger partial charge in [0.05, 0.1) is 12.5 Å². The number of aromatic hydroxyl groups is 1. The van der Waals surface area contributed by atoms with Crippen LogP contribution in [0.1, 0.15) is 18.4 Å². The van der Waals surface area contributed by atoms with E-state index in [1.807, 2.05) is 0 Å². The van der Waals surface area contributed by atoms with E-state index in [0.29, 0.717) is 6.61 Å². The molecule has 0 spiro atoms. The third-order valence-electron chi connectivity index (χ3n) is 2.24. The third-order valence-corrected chi connectivity index (χ3v) is 2.24. The minimum atomic E-state index is -1.06. The standard InChI is InChI=1S/C11H15NO4/c1-2-16-9-5-3-4-7(10(9)13)8(6-12)11(14)15/h3-5,8,13H,2,6,12H2,1H3,(H,14,15). The monoisotopic (exact) mass is 225 g/mol. The quantitative estimate of drug-likeness (QED) is 0.692. The van der Waals surface area contributed by atoms with Crippen molar-refractivity contribution in [1.82, 2.24) is 0 Å². The van der Waals surface area contributed by atoms with E-state index in [2.05, 4.69) is 0 Å². The molecule has 0 amide bonds. The van der Waals surface area contributed by atoms with Crippen LogP contribution in [-0.4, -0.2) is 29.3 Å². The Morgan fingerprint density at radius 1 is 1.56 bits per heavy atom. The maximum Gasteiger partial charge on any atom is 0.312 e. The molecule has 0 saturated heterocycles. The fourth-order valence-corrected chi connectivity index (χ4v) is 1.45. The van der Waals surface area contributed by atoms with Crippen LogP contribution in [0.15, 0.2) is 18.2 Å². The zero-order chi connectivity index (χ0) is 12.1. The first-order valence-electron chi connectivity index (χ1n) is 4.99. The van der Waals surface area contributed by atoms with Crippen molar-refractivity contribution in [2.75, 3.05) is 13.2 Å². The number of phenols is 1. The Bertz CT molecular complexity index is 378. The average Bonchev–Trinajstić information content (AvgIpc) is 2.24. The van der Waals surface area contributed by atoms with Crippen LogP contribution in [0.5, 0.6) is 11.5 Å². The highest BCUT2D eigenvalue weighted by Gasteiger charge is 2.22.